The largest absolute Gasteiger partial charge is 0.442 e. The Bertz CT molecular complexity index is 975. The van der Waals surface area contributed by atoms with Gasteiger partial charge in [0.25, 0.3) is 5.69 Å². The highest BCUT2D eigenvalue weighted by Crippen LogP contribution is 2.12. The summed E-state index contributed by atoms with van der Waals surface area (Å²) in [4.78, 5) is 24.9. The first-order valence-corrected chi connectivity index (χ1v) is 7.74. The summed E-state index contributed by atoms with van der Waals surface area (Å²) < 4.78 is 6.55. The summed E-state index contributed by atoms with van der Waals surface area (Å²) in [5, 5.41) is 9.51. The highest BCUT2D eigenvalue weighted by atomic mass is 16.5. The fraction of sp³-hybridized carbons (Fsp3) is 0.100. The molecule has 5 heteroatoms. The third-order valence-electron chi connectivity index (χ3n) is 3.81. The molecule has 0 radical (unpaired) electrons. The average molecular weight is 331 g/mol. The van der Waals surface area contributed by atoms with Crippen molar-refractivity contribution in [2.24, 2.45) is 0 Å². The third kappa shape index (κ3) is 3.54. The molecule has 0 aliphatic rings. The number of nitriles is 1. The van der Waals surface area contributed by atoms with Crippen molar-refractivity contribution in [3.05, 3.63) is 78.0 Å². The lowest BCUT2D eigenvalue weighted by Gasteiger charge is -2.06. The van der Waals surface area contributed by atoms with E-state index in [2.05, 4.69) is 0 Å². The van der Waals surface area contributed by atoms with Crippen LogP contribution in [0.2, 0.25) is 0 Å². The summed E-state index contributed by atoms with van der Waals surface area (Å²) in [5.41, 5.74) is 1.55. The molecule has 0 unspecified atom stereocenters. The van der Waals surface area contributed by atoms with Gasteiger partial charge in [-0.3, -0.25) is 4.79 Å². The summed E-state index contributed by atoms with van der Waals surface area (Å²) in [5.74, 6) is -0.746. The number of hydrogen-bond donors (Lipinski definition) is 0. The highest BCUT2D eigenvalue weighted by Gasteiger charge is 2.26. The van der Waals surface area contributed by atoms with Crippen molar-refractivity contribution < 1.29 is 18.9 Å². The van der Waals surface area contributed by atoms with E-state index in [-0.39, 0.29) is 24.6 Å². The minimum absolute atomic E-state index is 0.00233. The number of esters is 1. The zero-order valence-corrected chi connectivity index (χ0v) is 13.4. The molecule has 2 aromatic carbocycles. The van der Waals surface area contributed by atoms with Crippen molar-refractivity contribution in [3.8, 4) is 6.07 Å². The Balaban J connectivity index is 2.05. The molecule has 0 amide bonds. The van der Waals surface area contributed by atoms with E-state index in [1.807, 2.05) is 30.3 Å². The number of hydrogen-bond acceptors (Lipinski definition) is 4. The van der Waals surface area contributed by atoms with Crippen molar-refractivity contribution in [3.63, 3.8) is 0 Å². The third-order valence-corrected chi connectivity index (χ3v) is 3.81. The molecule has 0 saturated carbocycles. The van der Waals surface area contributed by atoms with Gasteiger partial charge in [-0.25, -0.2) is 4.79 Å². The van der Waals surface area contributed by atoms with Gasteiger partial charge >= 0.3 is 5.97 Å². The molecular weight excluding hydrogens is 316 g/mol. The van der Waals surface area contributed by atoms with Gasteiger partial charge in [-0.2, -0.15) is 9.83 Å². The zero-order valence-electron chi connectivity index (χ0n) is 13.4. The Morgan fingerprint density at radius 1 is 0.960 bits per heavy atom. The predicted octanol–water partition coefficient (Wildman–Crippen LogP) is 2.69. The topological polar surface area (TPSA) is 71.0 Å². The number of nitrogens with zero attached hydrogens (tertiary/aromatic N) is 2. The summed E-state index contributed by atoms with van der Waals surface area (Å²) in [7, 11) is 0. The summed E-state index contributed by atoms with van der Waals surface area (Å²) >= 11 is 0. The number of pyridine rings is 1. The molecule has 0 aliphatic heterocycles. The Labute approximate surface area is 144 Å². The molecule has 1 aromatic heterocycles. The maximum Gasteiger partial charge on any atom is 0.404 e. The Hall–Kier alpha value is -3.52. The molecule has 0 atom stereocenters. The first-order valence-electron chi connectivity index (χ1n) is 7.74. The van der Waals surface area contributed by atoms with Crippen LogP contribution in [0.3, 0.4) is 0 Å². The first kappa shape index (κ1) is 16.3. The number of para-hydroxylation sites is 1. The smallest absolute Gasteiger partial charge is 0.404 e. The Kier molecular flexibility index (Phi) is 4.82. The lowest BCUT2D eigenvalue weighted by molar-refractivity contribution is -0.659. The van der Waals surface area contributed by atoms with Gasteiger partial charge in [-0.1, -0.05) is 42.5 Å². The molecule has 0 fully saturated rings. The average Bonchev–Trinajstić information content (AvgIpc) is 2.67. The van der Waals surface area contributed by atoms with Crippen LogP contribution in [0, 0.1) is 11.3 Å². The van der Waals surface area contributed by atoms with Crippen molar-refractivity contribution in [1.29, 1.82) is 5.26 Å². The van der Waals surface area contributed by atoms with E-state index in [4.69, 9.17) is 10.00 Å². The summed E-state index contributed by atoms with van der Waals surface area (Å²) in [6.07, 6.45) is 0. The van der Waals surface area contributed by atoms with E-state index in [0.29, 0.717) is 5.56 Å². The van der Waals surface area contributed by atoms with E-state index in [1.165, 1.54) is 0 Å². The lowest BCUT2D eigenvalue weighted by atomic mass is 10.1. The van der Waals surface area contributed by atoms with E-state index in [0.717, 1.165) is 10.9 Å². The van der Waals surface area contributed by atoms with Crippen LogP contribution >= 0.6 is 0 Å². The molecule has 3 aromatic rings. The van der Waals surface area contributed by atoms with Crippen LogP contribution < -0.4 is 4.57 Å². The molecule has 0 N–H and O–H groups in total. The van der Waals surface area contributed by atoms with Crippen molar-refractivity contribution >= 4 is 22.7 Å². The Morgan fingerprint density at radius 2 is 1.68 bits per heavy atom. The second-order valence-corrected chi connectivity index (χ2v) is 5.39. The van der Waals surface area contributed by atoms with Gasteiger partial charge in [0.15, 0.2) is 6.61 Å². The molecule has 0 aliphatic carbocycles. The number of aromatic nitrogens is 1. The second-order valence-electron chi connectivity index (χ2n) is 5.39. The van der Waals surface area contributed by atoms with Crippen molar-refractivity contribution in [2.75, 3.05) is 6.61 Å². The number of carbonyl (C=O) groups is 2. The van der Waals surface area contributed by atoms with E-state index in [1.54, 1.807) is 47.0 Å². The van der Waals surface area contributed by atoms with Crippen LogP contribution in [0.5, 0.6) is 0 Å². The fourth-order valence-corrected chi connectivity index (χ4v) is 2.64. The SMILES string of the molecule is N#CCOC(=O)c1ccc2ccccc2[n+]1CC(=O)c1ccccc1. The number of ketones is 1. The molecule has 0 saturated heterocycles. The molecule has 0 spiro atoms. The number of fused-ring (bicyclic) bond motifs is 1. The first-order chi connectivity index (χ1) is 12.2. The van der Waals surface area contributed by atoms with Gasteiger partial charge in [0.1, 0.15) is 6.07 Å². The van der Waals surface area contributed by atoms with Gasteiger partial charge in [-0.15, -0.1) is 0 Å². The van der Waals surface area contributed by atoms with Gasteiger partial charge in [-0.05, 0) is 12.1 Å². The second kappa shape index (κ2) is 7.37. The normalized spacial score (nSPS) is 10.2. The van der Waals surface area contributed by atoms with Gasteiger partial charge < -0.3 is 4.74 Å². The highest BCUT2D eigenvalue weighted by molar-refractivity contribution is 5.95. The Morgan fingerprint density at radius 3 is 2.44 bits per heavy atom. The number of carbonyl (C=O) groups excluding carboxylic acids is 2. The summed E-state index contributed by atoms with van der Waals surface area (Å²) in [6.45, 7) is -0.333. The number of benzene rings is 2. The van der Waals surface area contributed by atoms with Crippen LogP contribution in [0.1, 0.15) is 20.8 Å². The minimum Gasteiger partial charge on any atom is -0.442 e. The van der Waals surface area contributed by atoms with Crippen LogP contribution in [-0.2, 0) is 11.3 Å². The van der Waals surface area contributed by atoms with E-state index >= 15 is 0 Å². The van der Waals surface area contributed by atoms with E-state index in [9.17, 15) is 9.59 Å². The van der Waals surface area contributed by atoms with Crippen LogP contribution in [-0.4, -0.2) is 18.4 Å². The quantitative estimate of drug-likeness (QED) is 0.409. The summed E-state index contributed by atoms with van der Waals surface area (Å²) in [6, 6.07) is 21.6. The van der Waals surface area contributed by atoms with Crippen LogP contribution in [0.15, 0.2) is 66.7 Å². The lowest BCUT2D eigenvalue weighted by Crippen LogP contribution is -2.44. The molecule has 25 heavy (non-hydrogen) atoms. The standard InChI is InChI=1S/C20H15N2O3/c21-12-13-25-20(24)18-11-10-15-6-4-5-9-17(15)22(18)14-19(23)16-7-2-1-3-8-16/h1-11H,13-14H2/q+1. The predicted molar refractivity (Wildman–Crippen MR) is 90.8 cm³/mol. The molecule has 1 heterocycles. The molecule has 5 nitrogen and oxygen atoms in total. The molecular formula is C20H15N2O3+. The molecule has 0 bridgehead atoms. The number of rotatable bonds is 5. The fourth-order valence-electron chi connectivity index (χ4n) is 2.64. The maximum absolute atomic E-state index is 12.6. The molecule has 3 rings (SSSR count). The van der Waals surface area contributed by atoms with Gasteiger partial charge in [0.05, 0.1) is 0 Å². The number of Topliss-reactive ketones (excluding diaryl/α,β-unsaturated/α-hetero) is 1. The number of ether oxygens (including phenoxy) is 1. The van der Waals surface area contributed by atoms with Crippen molar-refractivity contribution in [2.45, 2.75) is 6.54 Å². The van der Waals surface area contributed by atoms with Crippen molar-refractivity contribution in [1.82, 2.24) is 0 Å². The monoisotopic (exact) mass is 331 g/mol. The van der Waals surface area contributed by atoms with Gasteiger partial charge in [0, 0.05) is 23.1 Å². The van der Waals surface area contributed by atoms with Crippen LogP contribution in [0.4, 0.5) is 0 Å². The minimum atomic E-state index is -0.631. The maximum atomic E-state index is 12.6. The van der Waals surface area contributed by atoms with Gasteiger partial charge in [0.2, 0.25) is 17.8 Å². The zero-order chi connectivity index (χ0) is 17.6. The van der Waals surface area contributed by atoms with E-state index < -0.39 is 5.97 Å². The molecule has 122 valence electrons. The van der Waals surface area contributed by atoms with Crippen LogP contribution in [0.25, 0.3) is 10.9 Å².